The second-order valence-corrected chi connectivity index (χ2v) is 6.04. The summed E-state index contributed by atoms with van der Waals surface area (Å²) < 4.78 is 5.00. The van der Waals surface area contributed by atoms with Gasteiger partial charge in [-0.15, -0.1) is 0 Å². The first-order valence-corrected chi connectivity index (χ1v) is 8.36. The monoisotopic (exact) mass is 324 g/mol. The van der Waals surface area contributed by atoms with Gasteiger partial charge in [0.25, 0.3) is 0 Å². The molecular weight excluding hydrogens is 300 g/mol. The van der Waals surface area contributed by atoms with Gasteiger partial charge >= 0.3 is 5.97 Å². The van der Waals surface area contributed by atoms with Crippen LogP contribution < -0.4 is 0 Å². The summed E-state index contributed by atoms with van der Waals surface area (Å²) in [6.45, 7) is 5.65. The maximum absolute atomic E-state index is 12.4. The van der Waals surface area contributed by atoms with Crippen molar-refractivity contribution in [3.8, 4) is 11.1 Å². The number of rotatable bonds is 7. The average molecular weight is 324 g/mol. The Morgan fingerprint density at radius 3 is 2.04 bits per heavy atom. The minimum absolute atomic E-state index is 0.0583. The van der Waals surface area contributed by atoms with E-state index in [2.05, 4.69) is 12.1 Å². The molecule has 0 amide bonds. The summed E-state index contributed by atoms with van der Waals surface area (Å²) in [5.41, 5.74) is 3.24. The van der Waals surface area contributed by atoms with E-state index in [1.807, 2.05) is 42.5 Å². The van der Waals surface area contributed by atoms with Crippen LogP contribution in [0.4, 0.5) is 0 Å². The lowest BCUT2D eigenvalue weighted by atomic mass is 9.88. The summed E-state index contributed by atoms with van der Waals surface area (Å²) in [4.78, 5) is 24.2. The fourth-order valence-corrected chi connectivity index (χ4v) is 2.56. The number of benzene rings is 2. The Hall–Kier alpha value is -2.42. The molecule has 3 heteroatoms. The first-order valence-electron chi connectivity index (χ1n) is 8.36. The molecule has 0 aromatic heterocycles. The minimum Gasteiger partial charge on any atom is -0.466 e. The molecule has 0 saturated carbocycles. The quantitative estimate of drug-likeness (QED) is 0.713. The van der Waals surface area contributed by atoms with Crippen LogP contribution in [-0.2, 0) is 20.7 Å². The van der Waals surface area contributed by atoms with Crippen molar-refractivity contribution in [2.75, 3.05) is 6.61 Å². The average Bonchev–Trinajstić information content (AvgIpc) is 2.62. The first-order chi connectivity index (χ1) is 11.5. The van der Waals surface area contributed by atoms with Gasteiger partial charge in [0.2, 0.25) is 0 Å². The summed E-state index contributed by atoms with van der Waals surface area (Å²) in [6.07, 6.45) is 0.333. The predicted octanol–water partition coefficient (Wildman–Crippen LogP) is 4.30. The second kappa shape index (κ2) is 8.44. The highest BCUT2D eigenvalue weighted by Gasteiger charge is 2.26. The standard InChI is InChI=1S/C21H24O3/c1-4-24-21(23)16(3)15(2)20(22)14-17-10-12-19(13-11-17)18-8-6-5-7-9-18/h5-13,15-16H,4,14H2,1-3H3/t15?,16-/m1/s1. The van der Waals surface area contributed by atoms with Gasteiger partial charge in [-0.3, -0.25) is 9.59 Å². The molecule has 126 valence electrons. The van der Waals surface area contributed by atoms with E-state index in [1.54, 1.807) is 20.8 Å². The van der Waals surface area contributed by atoms with Crippen molar-refractivity contribution in [2.24, 2.45) is 11.8 Å². The van der Waals surface area contributed by atoms with E-state index in [9.17, 15) is 9.59 Å². The van der Waals surface area contributed by atoms with Gasteiger partial charge < -0.3 is 4.74 Å². The zero-order valence-electron chi connectivity index (χ0n) is 14.5. The van der Waals surface area contributed by atoms with Crippen molar-refractivity contribution in [3.05, 3.63) is 60.2 Å². The molecule has 0 spiro atoms. The third-order valence-corrected chi connectivity index (χ3v) is 4.36. The topological polar surface area (TPSA) is 43.4 Å². The summed E-state index contributed by atoms with van der Waals surface area (Å²) in [6, 6.07) is 18.1. The van der Waals surface area contributed by atoms with Crippen LogP contribution in [0.2, 0.25) is 0 Å². The Morgan fingerprint density at radius 1 is 0.875 bits per heavy atom. The van der Waals surface area contributed by atoms with Crippen LogP contribution in [0.5, 0.6) is 0 Å². The van der Waals surface area contributed by atoms with Gasteiger partial charge in [0.1, 0.15) is 5.78 Å². The van der Waals surface area contributed by atoms with E-state index in [1.165, 1.54) is 0 Å². The first kappa shape index (κ1) is 17.9. The number of esters is 1. The Kier molecular flexibility index (Phi) is 6.30. The maximum Gasteiger partial charge on any atom is 0.309 e. The molecule has 3 nitrogen and oxygen atoms in total. The van der Waals surface area contributed by atoms with Gasteiger partial charge in [-0.1, -0.05) is 68.4 Å². The lowest BCUT2D eigenvalue weighted by Crippen LogP contribution is -2.28. The molecule has 2 aromatic rings. The third kappa shape index (κ3) is 4.54. The van der Waals surface area contributed by atoms with Crippen LogP contribution in [-0.4, -0.2) is 18.4 Å². The predicted molar refractivity (Wildman–Crippen MR) is 95.6 cm³/mol. The van der Waals surface area contributed by atoms with E-state index < -0.39 is 5.92 Å². The fraction of sp³-hybridized carbons (Fsp3) is 0.333. The third-order valence-electron chi connectivity index (χ3n) is 4.36. The van der Waals surface area contributed by atoms with Crippen molar-refractivity contribution in [1.82, 2.24) is 0 Å². The molecule has 1 unspecified atom stereocenters. The number of hydrogen-bond acceptors (Lipinski definition) is 3. The van der Waals surface area contributed by atoms with Crippen LogP contribution in [0.25, 0.3) is 11.1 Å². The molecule has 2 atom stereocenters. The summed E-state index contributed by atoms with van der Waals surface area (Å²) in [7, 11) is 0. The van der Waals surface area contributed by atoms with Gasteiger partial charge in [0, 0.05) is 12.3 Å². The highest BCUT2D eigenvalue weighted by molar-refractivity contribution is 5.87. The van der Waals surface area contributed by atoms with Gasteiger partial charge in [0.15, 0.2) is 0 Å². The van der Waals surface area contributed by atoms with Crippen molar-refractivity contribution in [2.45, 2.75) is 27.2 Å². The minimum atomic E-state index is -0.416. The Bertz CT molecular complexity index is 674. The number of hydrogen-bond donors (Lipinski definition) is 0. The zero-order valence-corrected chi connectivity index (χ0v) is 14.5. The summed E-state index contributed by atoms with van der Waals surface area (Å²) >= 11 is 0. The molecule has 2 rings (SSSR count). The van der Waals surface area contributed by atoms with Gasteiger partial charge in [-0.25, -0.2) is 0 Å². The molecule has 0 aliphatic heterocycles. The van der Waals surface area contributed by atoms with Crippen LogP contribution >= 0.6 is 0 Å². The van der Waals surface area contributed by atoms with Crippen LogP contribution in [0, 0.1) is 11.8 Å². The summed E-state index contributed by atoms with van der Waals surface area (Å²) in [5.74, 6) is -1.01. The van der Waals surface area contributed by atoms with E-state index in [0.29, 0.717) is 13.0 Å². The number of ketones is 1. The number of Topliss-reactive ketones (excluding diaryl/α,β-unsaturated/α-hetero) is 1. The number of carbonyl (C=O) groups excluding carboxylic acids is 2. The van der Waals surface area contributed by atoms with Gasteiger partial charge in [0.05, 0.1) is 12.5 Å². The number of carbonyl (C=O) groups is 2. The second-order valence-electron chi connectivity index (χ2n) is 6.04. The van der Waals surface area contributed by atoms with Crippen LogP contribution in [0.1, 0.15) is 26.3 Å². The molecule has 24 heavy (non-hydrogen) atoms. The highest BCUT2D eigenvalue weighted by atomic mass is 16.5. The lowest BCUT2D eigenvalue weighted by molar-refractivity contribution is -0.151. The Morgan fingerprint density at radius 2 is 1.46 bits per heavy atom. The van der Waals surface area contributed by atoms with E-state index >= 15 is 0 Å². The van der Waals surface area contributed by atoms with Crippen molar-refractivity contribution in [3.63, 3.8) is 0 Å². The van der Waals surface area contributed by atoms with E-state index in [-0.39, 0.29) is 17.7 Å². The van der Waals surface area contributed by atoms with Crippen LogP contribution in [0.3, 0.4) is 0 Å². The molecule has 0 saturated heterocycles. The highest BCUT2D eigenvalue weighted by Crippen LogP contribution is 2.21. The largest absolute Gasteiger partial charge is 0.466 e. The smallest absolute Gasteiger partial charge is 0.309 e. The molecule has 0 bridgehead atoms. The lowest BCUT2D eigenvalue weighted by Gasteiger charge is -2.17. The molecule has 0 N–H and O–H groups in total. The molecular formula is C21H24O3. The summed E-state index contributed by atoms with van der Waals surface area (Å²) in [5, 5.41) is 0. The normalized spacial score (nSPS) is 13.1. The zero-order chi connectivity index (χ0) is 17.5. The molecule has 0 heterocycles. The molecule has 0 aliphatic carbocycles. The number of ether oxygens (including phenoxy) is 1. The van der Waals surface area contributed by atoms with Gasteiger partial charge in [-0.2, -0.15) is 0 Å². The molecule has 2 aromatic carbocycles. The Labute approximate surface area is 143 Å². The Balaban J connectivity index is 2.00. The van der Waals surface area contributed by atoms with E-state index in [4.69, 9.17) is 4.74 Å². The SMILES string of the molecule is CCOC(=O)[C@H](C)C(C)C(=O)Cc1ccc(-c2ccccc2)cc1. The van der Waals surface area contributed by atoms with Crippen molar-refractivity contribution in [1.29, 1.82) is 0 Å². The van der Waals surface area contributed by atoms with Crippen molar-refractivity contribution < 1.29 is 14.3 Å². The molecule has 0 fully saturated rings. The fourth-order valence-electron chi connectivity index (χ4n) is 2.56. The van der Waals surface area contributed by atoms with Gasteiger partial charge in [-0.05, 0) is 23.6 Å². The van der Waals surface area contributed by atoms with Crippen LogP contribution in [0.15, 0.2) is 54.6 Å². The molecule has 0 aliphatic rings. The maximum atomic E-state index is 12.4. The van der Waals surface area contributed by atoms with E-state index in [0.717, 1.165) is 16.7 Å². The molecule has 0 radical (unpaired) electrons. The van der Waals surface area contributed by atoms with Crippen molar-refractivity contribution >= 4 is 11.8 Å².